The van der Waals surface area contributed by atoms with Gasteiger partial charge in [-0.15, -0.1) is 0 Å². The van der Waals surface area contributed by atoms with Crippen molar-refractivity contribution in [3.63, 3.8) is 0 Å². The highest BCUT2D eigenvalue weighted by molar-refractivity contribution is 5.34. The van der Waals surface area contributed by atoms with Crippen molar-refractivity contribution in [3.8, 4) is 6.07 Å². The van der Waals surface area contributed by atoms with Crippen LogP contribution in [0, 0.1) is 29.0 Å². The highest BCUT2D eigenvalue weighted by Crippen LogP contribution is 2.39. The van der Waals surface area contributed by atoms with E-state index in [0.29, 0.717) is 17.8 Å². The van der Waals surface area contributed by atoms with Crippen LogP contribution in [0.15, 0.2) is 30.4 Å². The number of nitriles is 1. The second-order valence-electron chi connectivity index (χ2n) is 8.22. The quantitative estimate of drug-likeness (QED) is 0.421. The zero-order valence-corrected chi connectivity index (χ0v) is 16.9. The summed E-state index contributed by atoms with van der Waals surface area (Å²) in [7, 11) is 0. The molecule has 2 aliphatic rings. The van der Waals surface area contributed by atoms with Crippen LogP contribution in [0.1, 0.15) is 75.3 Å². The van der Waals surface area contributed by atoms with Crippen molar-refractivity contribution in [2.45, 2.75) is 70.5 Å². The van der Waals surface area contributed by atoms with E-state index in [1.54, 1.807) is 6.07 Å². The van der Waals surface area contributed by atoms with Crippen LogP contribution in [-0.4, -0.2) is 19.5 Å². The molecule has 1 heterocycles. The normalized spacial score (nSPS) is 28.3. The maximum atomic E-state index is 13.9. The van der Waals surface area contributed by atoms with Gasteiger partial charge in [0.2, 0.25) is 0 Å². The Morgan fingerprint density at radius 1 is 1.14 bits per heavy atom. The molecule has 1 aliphatic carbocycles. The number of benzene rings is 1. The van der Waals surface area contributed by atoms with Gasteiger partial charge in [0, 0.05) is 11.8 Å². The monoisotopic (exact) mass is 385 g/mol. The molecule has 1 aromatic carbocycles. The Hall–Kier alpha value is -1.70. The molecule has 0 radical (unpaired) electrons. The topological polar surface area (TPSA) is 42.2 Å². The lowest BCUT2D eigenvalue weighted by molar-refractivity contribution is -0.229. The number of halogens is 1. The van der Waals surface area contributed by atoms with Gasteiger partial charge in [-0.05, 0) is 75.5 Å². The van der Waals surface area contributed by atoms with Crippen LogP contribution in [0.4, 0.5) is 4.39 Å². The lowest BCUT2D eigenvalue weighted by atomic mass is 9.78. The van der Waals surface area contributed by atoms with Gasteiger partial charge in [0.15, 0.2) is 6.29 Å². The molecule has 0 aromatic heterocycles. The molecule has 0 unspecified atom stereocenters. The van der Waals surface area contributed by atoms with E-state index in [1.807, 2.05) is 12.1 Å². The van der Waals surface area contributed by atoms with E-state index in [0.717, 1.165) is 44.5 Å². The summed E-state index contributed by atoms with van der Waals surface area (Å²) in [6, 6.07) is 6.93. The van der Waals surface area contributed by atoms with Gasteiger partial charge in [0.25, 0.3) is 0 Å². The van der Waals surface area contributed by atoms with E-state index in [1.165, 1.54) is 31.7 Å². The molecule has 28 heavy (non-hydrogen) atoms. The van der Waals surface area contributed by atoms with Gasteiger partial charge in [-0.2, -0.15) is 5.26 Å². The van der Waals surface area contributed by atoms with Gasteiger partial charge in [0.05, 0.1) is 18.8 Å². The van der Waals surface area contributed by atoms with Crippen LogP contribution >= 0.6 is 0 Å². The Labute approximate surface area is 168 Å². The van der Waals surface area contributed by atoms with Crippen LogP contribution in [0.25, 0.3) is 0 Å². The highest BCUT2D eigenvalue weighted by atomic mass is 19.1. The summed E-state index contributed by atoms with van der Waals surface area (Å²) in [6.45, 7) is 3.70. The standard InChI is InChI=1S/C24H32FNO2/c1-2-3-4-5-6-7-18-16-27-24(28-17-18)20-10-8-19(9-11-20)21-12-13-22(15-26)23(25)14-21/h2-3,12-14,18-20,24H,4-11,16-17H2,1H3/b3-2+/t18-,19?,20?,24-. The lowest BCUT2D eigenvalue weighted by Gasteiger charge is -2.37. The Kier molecular flexibility index (Phi) is 8.06. The molecule has 4 heteroatoms. The van der Waals surface area contributed by atoms with Crippen molar-refractivity contribution >= 4 is 0 Å². The van der Waals surface area contributed by atoms with Crippen molar-refractivity contribution in [2.24, 2.45) is 11.8 Å². The maximum Gasteiger partial charge on any atom is 0.160 e. The van der Waals surface area contributed by atoms with Crippen LogP contribution in [-0.2, 0) is 9.47 Å². The van der Waals surface area contributed by atoms with Gasteiger partial charge < -0.3 is 9.47 Å². The Bertz CT molecular complexity index is 680. The van der Waals surface area contributed by atoms with Gasteiger partial charge in [0.1, 0.15) is 11.9 Å². The highest BCUT2D eigenvalue weighted by Gasteiger charge is 2.32. The predicted molar refractivity (Wildman–Crippen MR) is 108 cm³/mol. The Morgan fingerprint density at radius 3 is 2.54 bits per heavy atom. The molecule has 0 N–H and O–H groups in total. The third-order valence-corrected chi connectivity index (χ3v) is 6.20. The third kappa shape index (κ3) is 5.65. The number of allylic oxidation sites excluding steroid dienone is 2. The summed E-state index contributed by atoms with van der Waals surface area (Å²) in [5.74, 6) is 0.930. The van der Waals surface area contributed by atoms with Gasteiger partial charge in [-0.3, -0.25) is 0 Å². The van der Waals surface area contributed by atoms with E-state index < -0.39 is 5.82 Å². The zero-order chi connectivity index (χ0) is 19.8. The van der Waals surface area contributed by atoms with Crippen molar-refractivity contribution in [1.29, 1.82) is 5.26 Å². The number of hydrogen-bond acceptors (Lipinski definition) is 3. The summed E-state index contributed by atoms with van der Waals surface area (Å²) in [6.07, 6.45) is 13.2. The fraction of sp³-hybridized carbons (Fsp3) is 0.625. The molecule has 0 atom stereocenters. The second kappa shape index (κ2) is 10.7. The molecule has 0 bridgehead atoms. The molecule has 1 aliphatic heterocycles. The molecule has 1 saturated heterocycles. The molecule has 1 saturated carbocycles. The van der Waals surface area contributed by atoms with Gasteiger partial charge in [-0.25, -0.2) is 4.39 Å². The molecular formula is C24H32FNO2. The summed E-state index contributed by atoms with van der Waals surface area (Å²) in [4.78, 5) is 0. The fourth-order valence-corrected chi connectivity index (χ4v) is 4.46. The molecule has 2 fully saturated rings. The fourth-order valence-electron chi connectivity index (χ4n) is 4.46. The van der Waals surface area contributed by atoms with Crippen LogP contribution in [0.2, 0.25) is 0 Å². The summed E-state index contributed by atoms with van der Waals surface area (Å²) in [5, 5.41) is 8.88. The van der Waals surface area contributed by atoms with E-state index in [-0.39, 0.29) is 11.9 Å². The molecule has 0 spiro atoms. The SMILES string of the molecule is C/C=C/CCCC[C@H]1CO[C@H](C2CCC(c3ccc(C#N)c(F)c3)CC2)OC1. The maximum absolute atomic E-state index is 13.9. The summed E-state index contributed by atoms with van der Waals surface area (Å²) in [5.41, 5.74) is 1.14. The minimum atomic E-state index is -0.405. The smallest absolute Gasteiger partial charge is 0.160 e. The van der Waals surface area contributed by atoms with Crippen molar-refractivity contribution < 1.29 is 13.9 Å². The molecule has 152 valence electrons. The van der Waals surface area contributed by atoms with E-state index >= 15 is 0 Å². The second-order valence-corrected chi connectivity index (χ2v) is 8.22. The average Bonchev–Trinajstić information content (AvgIpc) is 2.74. The largest absolute Gasteiger partial charge is 0.352 e. The Balaban J connectivity index is 1.39. The number of hydrogen-bond donors (Lipinski definition) is 0. The zero-order valence-electron chi connectivity index (χ0n) is 16.9. The number of nitrogens with zero attached hydrogens (tertiary/aromatic N) is 1. The van der Waals surface area contributed by atoms with Crippen LogP contribution in [0.3, 0.4) is 0 Å². The van der Waals surface area contributed by atoms with E-state index in [4.69, 9.17) is 14.7 Å². The first-order chi connectivity index (χ1) is 13.7. The molecule has 1 aromatic rings. The number of rotatable bonds is 7. The van der Waals surface area contributed by atoms with Crippen molar-refractivity contribution in [1.82, 2.24) is 0 Å². The van der Waals surface area contributed by atoms with Crippen molar-refractivity contribution in [3.05, 3.63) is 47.3 Å². The molecule has 0 amide bonds. The first-order valence-corrected chi connectivity index (χ1v) is 10.7. The van der Waals surface area contributed by atoms with Gasteiger partial charge >= 0.3 is 0 Å². The van der Waals surface area contributed by atoms with Crippen LogP contribution < -0.4 is 0 Å². The number of ether oxygens (including phenoxy) is 2. The molecule has 3 rings (SSSR count). The average molecular weight is 386 g/mol. The molecular weight excluding hydrogens is 353 g/mol. The summed E-state index contributed by atoms with van der Waals surface area (Å²) >= 11 is 0. The van der Waals surface area contributed by atoms with Gasteiger partial charge in [-0.1, -0.05) is 24.6 Å². The first kappa shape index (κ1) is 21.0. The van der Waals surface area contributed by atoms with Crippen molar-refractivity contribution in [2.75, 3.05) is 13.2 Å². The van der Waals surface area contributed by atoms with E-state index in [9.17, 15) is 4.39 Å². The summed E-state index contributed by atoms with van der Waals surface area (Å²) < 4.78 is 26.0. The lowest BCUT2D eigenvalue weighted by Crippen LogP contribution is -2.38. The van der Waals surface area contributed by atoms with E-state index in [2.05, 4.69) is 19.1 Å². The minimum absolute atomic E-state index is 0.0714. The predicted octanol–water partition coefficient (Wildman–Crippen LogP) is 6.10. The first-order valence-electron chi connectivity index (χ1n) is 10.7. The van der Waals surface area contributed by atoms with Crippen LogP contribution in [0.5, 0.6) is 0 Å². The molecule has 3 nitrogen and oxygen atoms in total. The minimum Gasteiger partial charge on any atom is -0.352 e. The third-order valence-electron chi connectivity index (χ3n) is 6.20. The number of unbranched alkanes of at least 4 members (excludes halogenated alkanes) is 2. The Morgan fingerprint density at radius 2 is 1.89 bits per heavy atom.